The Morgan fingerprint density at radius 3 is 2.71 bits per heavy atom. The highest BCUT2D eigenvalue weighted by molar-refractivity contribution is 5.94. The molecule has 0 aliphatic heterocycles. The van der Waals surface area contributed by atoms with Gasteiger partial charge in [0.25, 0.3) is 0 Å². The fourth-order valence-corrected chi connectivity index (χ4v) is 1.44. The Kier molecular flexibility index (Phi) is 3.50. The molecule has 0 bridgehead atoms. The smallest absolute Gasteiger partial charge is 0.214 e. The van der Waals surface area contributed by atoms with Crippen molar-refractivity contribution < 1.29 is 9.53 Å². The zero-order valence-corrected chi connectivity index (χ0v) is 9.59. The molecule has 1 aromatic carbocycles. The van der Waals surface area contributed by atoms with Crippen molar-refractivity contribution in [1.29, 1.82) is 0 Å². The first-order chi connectivity index (χ1) is 8.25. The van der Waals surface area contributed by atoms with E-state index in [2.05, 4.69) is 4.98 Å². The SMILES string of the molecule is CC(=O)c1ccnc(OCc2ccccc2)c1. The summed E-state index contributed by atoms with van der Waals surface area (Å²) < 4.78 is 5.52. The zero-order valence-electron chi connectivity index (χ0n) is 9.59. The van der Waals surface area contributed by atoms with E-state index in [-0.39, 0.29) is 5.78 Å². The first kappa shape index (κ1) is 11.3. The molecule has 0 unspecified atom stereocenters. The van der Waals surface area contributed by atoms with Crippen LogP contribution in [0.3, 0.4) is 0 Å². The second-order valence-electron chi connectivity index (χ2n) is 3.71. The number of hydrogen-bond donors (Lipinski definition) is 0. The highest BCUT2D eigenvalue weighted by Gasteiger charge is 2.02. The van der Waals surface area contributed by atoms with E-state index >= 15 is 0 Å². The summed E-state index contributed by atoms with van der Waals surface area (Å²) in [5.74, 6) is 0.485. The molecule has 3 nitrogen and oxygen atoms in total. The first-order valence-corrected chi connectivity index (χ1v) is 5.39. The number of carbonyl (C=O) groups is 1. The normalized spacial score (nSPS) is 9.94. The summed E-state index contributed by atoms with van der Waals surface area (Å²) in [6.45, 7) is 1.98. The summed E-state index contributed by atoms with van der Waals surface area (Å²) in [6, 6.07) is 13.2. The van der Waals surface area contributed by atoms with Gasteiger partial charge in [-0.2, -0.15) is 0 Å². The van der Waals surface area contributed by atoms with Crippen molar-refractivity contribution in [2.75, 3.05) is 0 Å². The summed E-state index contributed by atoms with van der Waals surface area (Å²) in [6.07, 6.45) is 1.58. The van der Waals surface area contributed by atoms with E-state index in [0.29, 0.717) is 18.1 Å². The predicted octanol–water partition coefficient (Wildman–Crippen LogP) is 2.86. The lowest BCUT2D eigenvalue weighted by atomic mass is 10.2. The standard InChI is InChI=1S/C14H13NO2/c1-11(16)13-7-8-15-14(9-13)17-10-12-5-3-2-4-6-12/h2-9H,10H2,1H3. The molecular formula is C14H13NO2. The lowest BCUT2D eigenvalue weighted by Crippen LogP contribution is -1.99. The second kappa shape index (κ2) is 5.25. The number of benzene rings is 1. The van der Waals surface area contributed by atoms with E-state index in [0.717, 1.165) is 5.56 Å². The molecule has 17 heavy (non-hydrogen) atoms. The van der Waals surface area contributed by atoms with Crippen LogP contribution in [0.1, 0.15) is 22.8 Å². The van der Waals surface area contributed by atoms with Gasteiger partial charge in [0, 0.05) is 17.8 Å². The van der Waals surface area contributed by atoms with Crippen molar-refractivity contribution >= 4 is 5.78 Å². The van der Waals surface area contributed by atoms with Crippen LogP contribution in [-0.2, 0) is 6.61 Å². The molecule has 0 spiro atoms. The van der Waals surface area contributed by atoms with Crippen LogP contribution in [0.15, 0.2) is 48.7 Å². The van der Waals surface area contributed by atoms with Gasteiger partial charge < -0.3 is 4.74 Å². The van der Waals surface area contributed by atoms with Crippen molar-refractivity contribution in [2.24, 2.45) is 0 Å². The Hall–Kier alpha value is -2.16. The molecule has 1 aromatic heterocycles. The number of ether oxygens (including phenoxy) is 1. The lowest BCUT2D eigenvalue weighted by Gasteiger charge is -2.05. The number of nitrogens with zero attached hydrogens (tertiary/aromatic N) is 1. The fourth-order valence-electron chi connectivity index (χ4n) is 1.44. The Morgan fingerprint density at radius 1 is 1.24 bits per heavy atom. The zero-order chi connectivity index (χ0) is 12.1. The van der Waals surface area contributed by atoms with Gasteiger partial charge in [-0.25, -0.2) is 4.98 Å². The maximum absolute atomic E-state index is 11.2. The van der Waals surface area contributed by atoms with Crippen LogP contribution in [0.5, 0.6) is 5.88 Å². The lowest BCUT2D eigenvalue weighted by molar-refractivity contribution is 0.101. The average Bonchev–Trinajstić information content (AvgIpc) is 2.38. The minimum absolute atomic E-state index is 0.0111. The minimum Gasteiger partial charge on any atom is -0.473 e. The monoisotopic (exact) mass is 227 g/mol. The first-order valence-electron chi connectivity index (χ1n) is 5.39. The van der Waals surface area contributed by atoms with Crippen LogP contribution >= 0.6 is 0 Å². The number of hydrogen-bond acceptors (Lipinski definition) is 3. The number of pyridine rings is 1. The van der Waals surface area contributed by atoms with Crippen molar-refractivity contribution in [3.05, 3.63) is 59.8 Å². The summed E-state index contributed by atoms with van der Waals surface area (Å²) in [5, 5.41) is 0. The van der Waals surface area contributed by atoms with Gasteiger partial charge in [0.2, 0.25) is 5.88 Å². The minimum atomic E-state index is 0.0111. The molecule has 0 saturated carbocycles. The Labute approximate surface area is 100 Å². The van der Waals surface area contributed by atoms with Gasteiger partial charge >= 0.3 is 0 Å². The van der Waals surface area contributed by atoms with Crippen LogP contribution in [0.4, 0.5) is 0 Å². The third kappa shape index (κ3) is 3.14. The van der Waals surface area contributed by atoms with Gasteiger partial charge in [0.05, 0.1) is 0 Å². The molecule has 0 N–H and O–H groups in total. The van der Waals surface area contributed by atoms with E-state index in [1.165, 1.54) is 6.92 Å². The van der Waals surface area contributed by atoms with Crippen molar-refractivity contribution in [2.45, 2.75) is 13.5 Å². The molecule has 0 aliphatic rings. The van der Waals surface area contributed by atoms with Crippen LogP contribution in [0.25, 0.3) is 0 Å². The molecule has 0 fully saturated rings. The molecule has 0 radical (unpaired) electrons. The maximum atomic E-state index is 11.2. The number of ketones is 1. The van der Waals surface area contributed by atoms with Crippen molar-refractivity contribution in [3.63, 3.8) is 0 Å². The molecule has 0 amide bonds. The van der Waals surface area contributed by atoms with Gasteiger partial charge in [0.1, 0.15) is 6.61 Å². The van der Waals surface area contributed by atoms with Crippen LogP contribution in [0, 0.1) is 0 Å². The van der Waals surface area contributed by atoms with Crippen molar-refractivity contribution in [1.82, 2.24) is 4.98 Å². The van der Waals surface area contributed by atoms with E-state index in [9.17, 15) is 4.79 Å². The van der Waals surface area contributed by atoms with E-state index < -0.39 is 0 Å². The maximum Gasteiger partial charge on any atom is 0.214 e. The summed E-state index contributed by atoms with van der Waals surface area (Å²) >= 11 is 0. The molecule has 86 valence electrons. The fraction of sp³-hybridized carbons (Fsp3) is 0.143. The molecule has 1 heterocycles. The third-order valence-corrected chi connectivity index (χ3v) is 2.37. The molecule has 2 rings (SSSR count). The third-order valence-electron chi connectivity index (χ3n) is 2.37. The molecule has 3 heteroatoms. The summed E-state index contributed by atoms with van der Waals surface area (Å²) in [5.41, 5.74) is 1.69. The summed E-state index contributed by atoms with van der Waals surface area (Å²) in [4.78, 5) is 15.3. The Balaban J connectivity index is 2.04. The van der Waals surface area contributed by atoms with Crippen molar-refractivity contribution in [3.8, 4) is 5.88 Å². The topological polar surface area (TPSA) is 39.2 Å². The number of carbonyl (C=O) groups excluding carboxylic acids is 1. The van der Waals surface area contributed by atoms with Crippen LogP contribution < -0.4 is 4.74 Å². The molecule has 0 aliphatic carbocycles. The van der Waals surface area contributed by atoms with Gasteiger partial charge in [-0.3, -0.25) is 4.79 Å². The van der Waals surface area contributed by atoms with Gasteiger partial charge in [0.15, 0.2) is 5.78 Å². The Morgan fingerprint density at radius 2 is 2.00 bits per heavy atom. The highest BCUT2D eigenvalue weighted by Crippen LogP contribution is 2.12. The number of Topliss-reactive ketones (excluding diaryl/α,β-unsaturated/α-hetero) is 1. The number of rotatable bonds is 4. The summed E-state index contributed by atoms with van der Waals surface area (Å²) in [7, 11) is 0. The van der Waals surface area contributed by atoms with Gasteiger partial charge in [-0.15, -0.1) is 0 Å². The average molecular weight is 227 g/mol. The van der Waals surface area contributed by atoms with Gasteiger partial charge in [-0.1, -0.05) is 30.3 Å². The number of aromatic nitrogens is 1. The Bertz CT molecular complexity index is 509. The molecule has 0 saturated heterocycles. The molecular weight excluding hydrogens is 214 g/mol. The van der Waals surface area contributed by atoms with Crippen LogP contribution in [0.2, 0.25) is 0 Å². The van der Waals surface area contributed by atoms with Crippen LogP contribution in [-0.4, -0.2) is 10.8 Å². The highest BCUT2D eigenvalue weighted by atomic mass is 16.5. The van der Waals surface area contributed by atoms with E-state index in [1.807, 2.05) is 30.3 Å². The van der Waals surface area contributed by atoms with E-state index in [1.54, 1.807) is 18.3 Å². The second-order valence-corrected chi connectivity index (χ2v) is 3.71. The molecule has 2 aromatic rings. The largest absolute Gasteiger partial charge is 0.473 e. The van der Waals surface area contributed by atoms with E-state index in [4.69, 9.17) is 4.74 Å². The predicted molar refractivity (Wildman–Crippen MR) is 65.0 cm³/mol. The quantitative estimate of drug-likeness (QED) is 0.754. The van der Waals surface area contributed by atoms with Gasteiger partial charge in [-0.05, 0) is 18.6 Å². The molecule has 0 atom stereocenters.